The second-order valence-corrected chi connectivity index (χ2v) is 7.07. The van der Waals surface area contributed by atoms with E-state index in [1.165, 1.54) is 4.80 Å². The minimum atomic E-state index is -0.161. The molecule has 8 nitrogen and oxygen atoms in total. The fraction of sp³-hybridized carbons (Fsp3) is 0.273. The zero-order valence-corrected chi connectivity index (χ0v) is 17.0. The Kier molecular flexibility index (Phi) is 5.47. The van der Waals surface area contributed by atoms with Gasteiger partial charge >= 0.3 is 0 Å². The van der Waals surface area contributed by atoms with Crippen molar-refractivity contribution in [1.29, 1.82) is 0 Å². The van der Waals surface area contributed by atoms with Crippen LogP contribution in [0.15, 0.2) is 54.6 Å². The van der Waals surface area contributed by atoms with E-state index in [4.69, 9.17) is 4.74 Å². The van der Waals surface area contributed by atoms with Gasteiger partial charge in [-0.25, -0.2) is 0 Å². The van der Waals surface area contributed by atoms with Gasteiger partial charge in [0.05, 0.1) is 18.5 Å². The van der Waals surface area contributed by atoms with Gasteiger partial charge in [0, 0.05) is 31.7 Å². The summed E-state index contributed by atoms with van der Waals surface area (Å²) in [5.41, 5.74) is 2.33. The normalized spacial score (nSPS) is 13.9. The number of rotatable bonds is 4. The number of amides is 2. The Bertz CT molecular complexity index is 1040. The van der Waals surface area contributed by atoms with Crippen LogP contribution in [0.1, 0.15) is 26.5 Å². The van der Waals surface area contributed by atoms with Crippen molar-refractivity contribution in [3.63, 3.8) is 0 Å². The summed E-state index contributed by atoms with van der Waals surface area (Å²) in [6, 6.07) is 16.5. The maximum atomic E-state index is 13.0. The van der Waals surface area contributed by atoms with Crippen LogP contribution >= 0.6 is 0 Å². The minimum absolute atomic E-state index is 0.0454. The smallest absolute Gasteiger partial charge is 0.276 e. The van der Waals surface area contributed by atoms with E-state index in [1.807, 2.05) is 30.3 Å². The van der Waals surface area contributed by atoms with Gasteiger partial charge in [-0.15, -0.1) is 5.10 Å². The Morgan fingerprint density at radius 2 is 1.43 bits per heavy atom. The first-order chi connectivity index (χ1) is 14.6. The molecule has 8 heteroatoms. The Balaban J connectivity index is 1.41. The first-order valence-corrected chi connectivity index (χ1v) is 9.79. The lowest BCUT2D eigenvalue weighted by molar-refractivity contribution is 0.0531. The molecule has 154 valence electrons. The van der Waals surface area contributed by atoms with Gasteiger partial charge in [0.1, 0.15) is 5.75 Å². The number of hydrogen-bond acceptors (Lipinski definition) is 5. The molecule has 0 radical (unpaired) electrons. The quantitative estimate of drug-likeness (QED) is 0.665. The van der Waals surface area contributed by atoms with E-state index in [0.29, 0.717) is 48.9 Å². The molecule has 1 aliphatic heterocycles. The molecule has 2 aromatic carbocycles. The van der Waals surface area contributed by atoms with E-state index in [0.717, 1.165) is 5.69 Å². The molecule has 0 atom stereocenters. The molecule has 1 aliphatic rings. The summed E-state index contributed by atoms with van der Waals surface area (Å²) in [7, 11) is 1.59. The fourth-order valence-corrected chi connectivity index (χ4v) is 3.43. The molecule has 2 amide bonds. The van der Waals surface area contributed by atoms with Crippen LogP contribution in [0.25, 0.3) is 5.69 Å². The highest BCUT2D eigenvalue weighted by Gasteiger charge is 2.28. The van der Waals surface area contributed by atoms with Crippen LogP contribution in [0.3, 0.4) is 0 Å². The SMILES string of the molecule is COc1ccc(C(=O)N2CCN(C(=O)c3nn(-c4ccccc4)nc3C)CC2)cc1. The summed E-state index contributed by atoms with van der Waals surface area (Å²) in [5, 5.41) is 8.77. The third kappa shape index (κ3) is 3.89. The van der Waals surface area contributed by atoms with Crippen molar-refractivity contribution in [1.82, 2.24) is 24.8 Å². The molecule has 0 spiro atoms. The van der Waals surface area contributed by atoms with Crippen molar-refractivity contribution < 1.29 is 14.3 Å². The molecule has 30 heavy (non-hydrogen) atoms. The average Bonchev–Trinajstić information content (AvgIpc) is 3.20. The lowest BCUT2D eigenvalue weighted by Crippen LogP contribution is -2.50. The van der Waals surface area contributed by atoms with Crippen LogP contribution in [0, 0.1) is 6.92 Å². The second kappa shape index (κ2) is 8.36. The molecule has 4 rings (SSSR count). The average molecular weight is 405 g/mol. The molecular weight excluding hydrogens is 382 g/mol. The van der Waals surface area contributed by atoms with Crippen molar-refractivity contribution in [3.05, 3.63) is 71.5 Å². The predicted molar refractivity (Wildman–Crippen MR) is 111 cm³/mol. The summed E-state index contributed by atoms with van der Waals surface area (Å²) in [6.45, 7) is 3.64. The predicted octanol–water partition coefficient (Wildman–Crippen LogP) is 2.18. The summed E-state index contributed by atoms with van der Waals surface area (Å²) >= 11 is 0. The van der Waals surface area contributed by atoms with Crippen molar-refractivity contribution >= 4 is 11.8 Å². The van der Waals surface area contributed by atoms with E-state index in [2.05, 4.69) is 10.2 Å². The highest BCUT2D eigenvalue weighted by molar-refractivity contribution is 5.95. The Labute approximate surface area is 174 Å². The molecule has 0 unspecified atom stereocenters. The van der Waals surface area contributed by atoms with Crippen LogP contribution in [-0.4, -0.2) is 69.9 Å². The Hall–Kier alpha value is -3.68. The Morgan fingerprint density at radius 3 is 2.03 bits per heavy atom. The molecule has 0 saturated carbocycles. The van der Waals surface area contributed by atoms with Gasteiger partial charge in [0.15, 0.2) is 5.69 Å². The number of carbonyl (C=O) groups is 2. The van der Waals surface area contributed by atoms with E-state index in [-0.39, 0.29) is 11.8 Å². The Morgan fingerprint density at radius 1 is 0.833 bits per heavy atom. The molecule has 1 saturated heterocycles. The van der Waals surface area contributed by atoms with Crippen LogP contribution in [-0.2, 0) is 0 Å². The third-order valence-corrected chi connectivity index (χ3v) is 5.16. The maximum Gasteiger partial charge on any atom is 0.276 e. The molecular formula is C22H23N5O3. The van der Waals surface area contributed by atoms with E-state index in [9.17, 15) is 9.59 Å². The summed E-state index contributed by atoms with van der Waals surface area (Å²) < 4.78 is 5.13. The van der Waals surface area contributed by atoms with Crippen LogP contribution in [0.2, 0.25) is 0 Å². The second-order valence-electron chi connectivity index (χ2n) is 7.07. The van der Waals surface area contributed by atoms with Crippen molar-refractivity contribution in [3.8, 4) is 11.4 Å². The number of ether oxygens (including phenoxy) is 1. The first kappa shape index (κ1) is 19.6. The number of piperazine rings is 1. The third-order valence-electron chi connectivity index (χ3n) is 5.16. The lowest BCUT2D eigenvalue weighted by atomic mass is 10.1. The zero-order chi connectivity index (χ0) is 21.1. The van der Waals surface area contributed by atoms with Crippen LogP contribution < -0.4 is 4.74 Å². The first-order valence-electron chi connectivity index (χ1n) is 9.79. The van der Waals surface area contributed by atoms with Gasteiger partial charge in [-0.2, -0.15) is 9.90 Å². The number of carbonyl (C=O) groups excluding carboxylic acids is 2. The van der Waals surface area contributed by atoms with Crippen LogP contribution in [0.5, 0.6) is 5.75 Å². The summed E-state index contributed by atoms with van der Waals surface area (Å²) in [5.74, 6) is 0.503. The molecule has 1 fully saturated rings. The molecule has 0 N–H and O–H groups in total. The van der Waals surface area contributed by atoms with E-state index in [1.54, 1.807) is 48.1 Å². The fourth-order valence-electron chi connectivity index (χ4n) is 3.43. The monoisotopic (exact) mass is 405 g/mol. The minimum Gasteiger partial charge on any atom is -0.497 e. The number of aromatic nitrogens is 3. The number of para-hydroxylation sites is 1. The number of nitrogens with zero attached hydrogens (tertiary/aromatic N) is 5. The molecule has 3 aromatic rings. The van der Waals surface area contributed by atoms with Gasteiger partial charge in [0.2, 0.25) is 0 Å². The highest BCUT2D eigenvalue weighted by atomic mass is 16.5. The standard InChI is InChI=1S/C22H23N5O3/c1-16-20(24-27(23-16)18-6-4-3-5-7-18)22(29)26-14-12-25(13-15-26)21(28)17-8-10-19(30-2)11-9-17/h3-11H,12-15H2,1-2H3. The van der Waals surface area contributed by atoms with E-state index >= 15 is 0 Å². The number of benzene rings is 2. The van der Waals surface area contributed by atoms with Crippen LogP contribution in [0.4, 0.5) is 0 Å². The largest absolute Gasteiger partial charge is 0.497 e. The lowest BCUT2D eigenvalue weighted by Gasteiger charge is -2.34. The summed E-state index contributed by atoms with van der Waals surface area (Å²) in [4.78, 5) is 30.7. The van der Waals surface area contributed by atoms with Gasteiger partial charge in [-0.3, -0.25) is 9.59 Å². The number of aryl methyl sites for hydroxylation is 1. The van der Waals surface area contributed by atoms with E-state index < -0.39 is 0 Å². The van der Waals surface area contributed by atoms with Gasteiger partial charge in [-0.05, 0) is 43.3 Å². The number of methoxy groups -OCH3 is 1. The highest BCUT2D eigenvalue weighted by Crippen LogP contribution is 2.16. The van der Waals surface area contributed by atoms with Crippen molar-refractivity contribution in [2.75, 3.05) is 33.3 Å². The molecule has 0 aliphatic carbocycles. The maximum absolute atomic E-state index is 13.0. The topological polar surface area (TPSA) is 80.6 Å². The molecule has 0 bridgehead atoms. The van der Waals surface area contributed by atoms with Gasteiger partial charge < -0.3 is 14.5 Å². The molecule has 2 heterocycles. The summed E-state index contributed by atoms with van der Waals surface area (Å²) in [6.07, 6.45) is 0. The van der Waals surface area contributed by atoms with Gasteiger partial charge in [-0.1, -0.05) is 18.2 Å². The molecule has 1 aromatic heterocycles. The van der Waals surface area contributed by atoms with Crippen molar-refractivity contribution in [2.45, 2.75) is 6.92 Å². The van der Waals surface area contributed by atoms with Crippen molar-refractivity contribution in [2.24, 2.45) is 0 Å². The van der Waals surface area contributed by atoms with Gasteiger partial charge in [0.25, 0.3) is 11.8 Å². The number of hydrogen-bond donors (Lipinski definition) is 0. The zero-order valence-electron chi connectivity index (χ0n) is 17.0.